The van der Waals surface area contributed by atoms with Gasteiger partial charge in [0.15, 0.2) is 0 Å². The Morgan fingerprint density at radius 1 is 1.19 bits per heavy atom. The topological polar surface area (TPSA) is 111 Å². The van der Waals surface area contributed by atoms with Crippen molar-refractivity contribution in [2.45, 2.75) is 12.3 Å². The van der Waals surface area contributed by atoms with Gasteiger partial charge in [0, 0.05) is 51.3 Å². The third-order valence-electron chi connectivity index (χ3n) is 4.90. The Bertz CT molecular complexity index is 1180. The van der Waals surface area contributed by atoms with E-state index in [1.807, 2.05) is 19.1 Å². The predicted octanol–water partition coefficient (Wildman–Crippen LogP) is 6.84. The third-order valence-corrected chi connectivity index (χ3v) is 6.55. The van der Waals surface area contributed by atoms with Crippen molar-refractivity contribution in [1.29, 1.82) is 10.8 Å². The lowest BCUT2D eigenvalue weighted by atomic mass is 9.92. The largest absolute Gasteiger partial charge is 0.492 e. The number of hydrogen-bond acceptors (Lipinski definition) is 8. The van der Waals surface area contributed by atoms with Crippen molar-refractivity contribution in [3.8, 4) is 5.75 Å². The lowest BCUT2D eigenvalue weighted by Crippen LogP contribution is -2.32. The highest BCUT2D eigenvalue weighted by atomic mass is 35.5. The van der Waals surface area contributed by atoms with Crippen LogP contribution in [0.4, 0.5) is 0 Å². The van der Waals surface area contributed by atoms with E-state index in [0.29, 0.717) is 55.4 Å². The van der Waals surface area contributed by atoms with E-state index in [2.05, 4.69) is 35.2 Å². The van der Waals surface area contributed by atoms with Crippen molar-refractivity contribution in [2.24, 2.45) is 10.2 Å². The number of ether oxygens (including phenoxy) is 1. The van der Waals surface area contributed by atoms with E-state index in [9.17, 15) is 4.91 Å². The summed E-state index contributed by atoms with van der Waals surface area (Å²) in [6, 6.07) is 7.16. The second-order valence-electron chi connectivity index (χ2n) is 7.48. The second kappa shape index (κ2) is 14.4. The zero-order valence-corrected chi connectivity index (χ0v) is 22.1. The summed E-state index contributed by atoms with van der Waals surface area (Å²) in [5.74, 6) is 1.04. The van der Waals surface area contributed by atoms with E-state index < -0.39 is 0 Å². The summed E-state index contributed by atoms with van der Waals surface area (Å²) in [6.07, 6.45) is 5.80. The summed E-state index contributed by atoms with van der Waals surface area (Å²) < 4.78 is 5.48. The molecule has 2 rings (SSSR count). The number of halogens is 2. The highest BCUT2D eigenvalue weighted by Gasteiger charge is 2.27. The van der Waals surface area contributed by atoms with Crippen LogP contribution in [0, 0.1) is 15.7 Å². The van der Waals surface area contributed by atoms with Crippen LogP contribution >= 0.6 is 35.0 Å². The lowest BCUT2D eigenvalue weighted by molar-refractivity contribution is 0.328. The van der Waals surface area contributed by atoms with Gasteiger partial charge in [0.05, 0.1) is 0 Å². The molecule has 0 aliphatic carbocycles. The molecule has 1 aliphatic heterocycles. The number of nitrogens with zero attached hydrogens (tertiary/aromatic N) is 2. The van der Waals surface area contributed by atoms with Crippen molar-refractivity contribution >= 4 is 58.7 Å². The summed E-state index contributed by atoms with van der Waals surface area (Å²) in [5, 5.41) is 22.3. The minimum Gasteiger partial charge on any atom is -0.492 e. The molecule has 1 unspecified atom stereocenters. The summed E-state index contributed by atoms with van der Waals surface area (Å²) in [5.41, 5.74) is 4.59. The number of thioether (sulfide) groups is 1. The van der Waals surface area contributed by atoms with Gasteiger partial charge in [-0.15, -0.1) is 11.8 Å². The quantitative estimate of drug-likeness (QED) is 0.0783. The molecule has 1 aromatic carbocycles. The molecule has 0 fully saturated rings. The van der Waals surface area contributed by atoms with Crippen LogP contribution in [0.15, 0.2) is 98.9 Å². The molecule has 0 saturated carbocycles. The van der Waals surface area contributed by atoms with E-state index >= 15 is 0 Å². The fourth-order valence-corrected chi connectivity index (χ4v) is 4.53. The molecular weight excluding hydrogens is 517 g/mol. The van der Waals surface area contributed by atoms with E-state index in [1.54, 1.807) is 24.3 Å². The minimum absolute atomic E-state index is 0.0641. The molecule has 1 atom stereocenters. The maximum absolute atomic E-state index is 10.3. The molecular formula is C26H27Cl2N5O2S. The number of allylic oxidation sites excluding steroid dienone is 6. The summed E-state index contributed by atoms with van der Waals surface area (Å²) in [6.45, 7) is 13.7. The number of benzene rings is 1. The Balaban J connectivity index is 2.26. The number of dihydropyridines is 1. The first kappa shape index (κ1) is 29.0. The molecule has 0 radical (unpaired) electrons. The van der Waals surface area contributed by atoms with Gasteiger partial charge < -0.3 is 20.9 Å². The Kier molecular flexibility index (Phi) is 11.6. The Morgan fingerprint density at radius 2 is 1.89 bits per heavy atom. The first-order valence-electron chi connectivity index (χ1n) is 10.7. The molecule has 7 nitrogen and oxygen atoms in total. The second-order valence-corrected chi connectivity index (χ2v) is 9.43. The van der Waals surface area contributed by atoms with Crippen LogP contribution in [0.5, 0.6) is 5.75 Å². The monoisotopic (exact) mass is 543 g/mol. The number of aliphatic imine (C=N–C) groups is 1. The molecule has 0 bridgehead atoms. The summed E-state index contributed by atoms with van der Waals surface area (Å²) >= 11 is 13.7. The smallest absolute Gasteiger partial charge is 0.119 e. The number of nitroso groups, excluding NO2 is 1. The molecule has 3 N–H and O–H groups in total. The standard InChI is InChI=1S/C26H27Cl2N5O2S/c1-16(5-6-17(2)27)19(4)32-18(3)15-36-26-23(14-30)24(22(13-29)25(28)33-26)20-7-9-21(10-8-20)35-12-11-31-34/h5-10,13-14,26,29-30,33H,1-3,11-12,15H2,4H3/b6-5-,29-13?,30-14?,32-19+. The fourth-order valence-electron chi connectivity index (χ4n) is 3.15. The van der Waals surface area contributed by atoms with Crippen LogP contribution < -0.4 is 10.1 Å². The molecule has 10 heteroatoms. The Labute approximate surface area is 225 Å². The van der Waals surface area contributed by atoms with Crippen LogP contribution in [0.2, 0.25) is 0 Å². The van der Waals surface area contributed by atoms with Gasteiger partial charge in [-0.2, -0.15) is 4.91 Å². The number of nitrogens with one attached hydrogen (secondary N) is 3. The van der Waals surface area contributed by atoms with E-state index in [1.165, 1.54) is 18.0 Å². The van der Waals surface area contributed by atoms with E-state index in [-0.39, 0.29) is 18.5 Å². The highest BCUT2D eigenvalue weighted by molar-refractivity contribution is 8.00. The van der Waals surface area contributed by atoms with Crippen LogP contribution in [-0.2, 0) is 0 Å². The van der Waals surface area contributed by atoms with E-state index in [0.717, 1.165) is 11.8 Å². The molecule has 1 aliphatic rings. The van der Waals surface area contributed by atoms with Crippen LogP contribution in [0.1, 0.15) is 12.5 Å². The van der Waals surface area contributed by atoms with Gasteiger partial charge in [0.2, 0.25) is 0 Å². The molecule has 0 saturated heterocycles. The minimum atomic E-state index is -0.363. The van der Waals surface area contributed by atoms with Gasteiger partial charge in [-0.05, 0) is 36.3 Å². The van der Waals surface area contributed by atoms with Gasteiger partial charge >= 0.3 is 0 Å². The molecule has 0 amide bonds. The maximum Gasteiger partial charge on any atom is 0.119 e. The molecule has 0 aromatic heterocycles. The zero-order valence-electron chi connectivity index (χ0n) is 19.8. The van der Waals surface area contributed by atoms with Gasteiger partial charge in [-0.25, -0.2) is 0 Å². The average molecular weight is 545 g/mol. The first-order valence-corrected chi connectivity index (χ1v) is 12.5. The average Bonchev–Trinajstić information content (AvgIpc) is 2.86. The van der Waals surface area contributed by atoms with Gasteiger partial charge in [-0.1, -0.05) is 66.3 Å². The maximum atomic E-state index is 10.3. The third kappa shape index (κ3) is 8.19. The summed E-state index contributed by atoms with van der Waals surface area (Å²) in [4.78, 5) is 14.8. The van der Waals surface area contributed by atoms with Crippen molar-refractivity contribution in [2.75, 3.05) is 18.9 Å². The van der Waals surface area contributed by atoms with E-state index in [4.69, 9.17) is 38.8 Å². The zero-order chi connectivity index (χ0) is 26.7. The normalized spacial score (nSPS) is 16.0. The Morgan fingerprint density at radius 3 is 2.47 bits per heavy atom. The van der Waals surface area contributed by atoms with Gasteiger partial charge in [0.25, 0.3) is 0 Å². The number of rotatable bonds is 14. The highest BCUT2D eigenvalue weighted by Crippen LogP contribution is 2.37. The van der Waals surface area contributed by atoms with Crippen molar-refractivity contribution in [3.63, 3.8) is 0 Å². The van der Waals surface area contributed by atoms with Crippen molar-refractivity contribution in [1.82, 2.24) is 5.32 Å². The molecule has 1 aromatic rings. The van der Waals surface area contributed by atoms with Crippen LogP contribution in [0.25, 0.3) is 5.57 Å². The molecule has 36 heavy (non-hydrogen) atoms. The number of hydrogen-bond donors (Lipinski definition) is 3. The molecule has 0 spiro atoms. The van der Waals surface area contributed by atoms with Crippen LogP contribution in [-0.4, -0.2) is 42.4 Å². The Hall–Kier alpha value is -3.20. The van der Waals surface area contributed by atoms with Crippen LogP contribution in [0.3, 0.4) is 0 Å². The first-order chi connectivity index (χ1) is 17.2. The predicted molar refractivity (Wildman–Crippen MR) is 155 cm³/mol. The molecule has 188 valence electrons. The van der Waals surface area contributed by atoms with Gasteiger partial charge in [0.1, 0.15) is 29.4 Å². The lowest BCUT2D eigenvalue weighted by Gasteiger charge is -2.29. The van der Waals surface area contributed by atoms with Crippen molar-refractivity contribution < 1.29 is 4.74 Å². The van der Waals surface area contributed by atoms with Crippen molar-refractivity contribution in [3.05, 3.63) is 99.2 Å². The SMILES string of the molecule is C=C(Cl)/C=C\C(=C)/C(C)=N/C(=C)CSC1NC(Cl)=C(C=N)C(c2ccc(OCCN=O)cc2)=C1C=N. The van der Waals surface area contributed by atoms with Gasteiger partial charge in [-0.3, -0.25) is 4.99 Å². The fraction of sp³-hybridized carbons (Fsp3) is 0.192. The summed E-state index contributed by atoms with van der Waals surface area (Å²) in [7, 11) is 0. The molecule has 1 heterocycles.